The van der Waals surface area contributed by atoms with Crippen LogP contribution in [0, 0.1) is 11.8 Å². The highest BCUT2D eigenvalue weighted by Crippen LogP contribution is 2.31. The number of nitrogens with zero attached hydrogens (tertiary/aromatic N) is 1. The number of fused-ring (bicyclic) bond motifs is 1. The first-order valence-corrected chi connectivity index (χ1v) is 8.49. The lowest BCUT2D eigenvalue weighted by atomic mass is 10.0. The molecule has 0 bridgehead atoms. The first kappa shape index (κ1) is 15.1. The van der Waals surface area contributed by atoms with Gasteiger partial charge in [0.1, 0.15) is 0 Å². The van der Waals surface area contributed by atoms with Crippen molar-refractivity contribution < 1.29 is 9.59 Å². The van der Waals surface area contributed by atoms with Gasteiger partial charge < -0.3 is 15.5 Å². The van der Waals surface area contributed by atoms with Gasteiger partial charge in [-0.1, -0.05) is 36.4 Å². The van der Waals surface area contributed by atoms with Gasteiger partial charge in [-0.3, -0.25) is 9.59 Å². The molecule has 124 valence electrons. The first-order chi connectivity index (χ1) is 11.7. The zero-order valence-electron chi connectivity index (χ0n) is 13.5. The van der Waals surface area contributed by atoms with Crippen molar-refractivity contribution in [1.29, 1.82) is 0 Å². The fourth-order valence-electron chi connectivity index (χ4n) is 3.44. The molecule has 2 aromatic rings. The van der Waals surface area contributed by atoms with Crippen LogP contribution >= 0.6 is 0 Å². The lowest BCUT2D eigenvalue weighted by Crippen LogP contribution is -2.49. The number of anilines is 1. The number of hydrogen-bond acceptors (Lipinski definition) is 3. The molecule has 0 aliphatic carbocycles. The Hall–Kier alpha value is -2.40. The van der Waals surface area contributed by atoms with Gasteiger partial charge in [0.05, 0.1) is 11.6 Å². The van der Waals surface area contributed by atoms with Crippen LogP contribution in [0.25, 0.3) is 10.8 Å². The van der Waals surface area contributed by atoms with E-state index in [4.69, 9.17) is 0 Å². The molecule has 2 fully saturated rings. The van der Waals surface area contributed by atoms with Gasteiger partial charge in [-0.25, -0.2) is 0 Å². The van der Waals surface area contributed by atoms with Crippen LogP contribution in [0.15, 0.2) is 42.5 Å². The van der Waals surface area contributed by atoms with Gasteiger partial charge in [0, 0.05) is 43.9 Å². The summed E-state index contributed by atoms with van der Waals surface area (Å²) < 4.78 is 0. The second-order valence-electron chi connectivity index (χ2n) is 6.67. The maximum atomic E-state index is 12.5. The van der Waals surface area contributed by atoms with Crippen LogP contribution in [0.2, 0.25) is 0 Å². The molecule has 2 aliphatic rings. The average Bonchev–Trinajstić information content (AvgIpc) is 2.94. The topological polar surface area (TPSA) is 61.4 Å². The number of rotatable bonds is 4. The Balaban J connectivity index is 1.50. The van der Waals surface area contributed by atoms with E-state index in [1.807, 2.05) is 42.5 Å². The molecule has 0 aromatic heterocycles. The highest BCUT2D eigenvalue weighted by atomic mass is 16.2. The molecular weight excluding hydrogens is 302 g/mol. The standard InChI is InChI=1S/C19H21N3O2/c23-18-8-15(19(24)21-11-13-9-20-10-13)12-22(18)17-7-3-5-14-4-1-2-6-16(14)17/h1-7,13,15,20H,8-12H2,(H,21,24). The van der Waals surface area contributed by atoms with Gasteiger partial charge in [0.2, 0.25) is 11.8 Å². The normalized spacial score (nSPS) is 21.1. The van der Waals surface area contributed by atoms with Crippen LogP contribution < -0.4 is 15.5 Å². The second-order valence-corrected chi connectivity index (χ2v) is 6.67. The molecule has 2 aliphatic heterocycles. The average molecular weight is 323 g/mol. The highest BCUT2D eigenvalue weighted by molar-refractivity contribution is 6.06. The predicted molar refractivity (Wildman–Crippen MR) is 93.8 cm³/mol. The number of amides is 2. The Bertz CT molecular complexity index is 780. The van der Waals surface area contributed by atoms with E-state index in [9.17, 15) is 9.59 Å². The molecule has 2 heterocycles. The van der Waals surface area contributed by atoms with Crippen molar-refractivity contribution in [2.75, 3.05) is 31.1 Å². The minimum absolute atomic E-state index is 0.00186. The van der Waals surface area contributed by atoms with Gasteiger partial charge in [0.25, 0.3) is 0 Å². The van der Waals surface area contributed by atoms with E-state index in [1.165, 1.54) is 0 Å². The molecule has 1 atom stereocenters. The zero-order chi connectivity index (χ0) is 16.5. The second kappa shape index (κ2) is 6.24. The van der Waals surface area contributed by atoms with Gasteiger partial charge in [-0.15, -0.1) is 0 Å². The summed E-state index contributed by atoms with van der Waals surface area (Å²) in [6, 6.07) is 14.0. The molecule has 0 radical (unpaired) electrons. The van der Waals surface area contributed by atoms with Crippen molar-refractivity contribution in [1.82, 2.24) is 10.6 Å². The molecule has 4 rings (SSSR count). The van der Waals surface area contributed by atoms with Gasteiger partial charge in [-0.05, 0) is 11.5 Å². The largest absolute Gasteiger partial charge is 0.355 e. The van der Waals surface area contributed by atoms with E-state index in [-0.39, 0.29) is 24.2 Å². The maximum absolute atomic E-state index is 12.5. The summed E-state index contributed by atoms with van der Waals surface area (Å²) in [5.41, 5.74) is 0.900. The number of hydrogen-bond donors (Lipinski definition) is 2. The van der Waals surface area contributed by atoms with Gasteiger partial charge in [0.15, 0.2) is 0 Å². The van der Waals surface area contributed by atoms with E-state index in [1.54, 1.807) is 4.90 Å². The minimum Gasteiger partial charge on any atom is -0.355 e. The Labute approximate surface area is 141 Å². The van der Waals surface area contributed by atoms with E-state index in [0.29, 0.717) is 19.0 Å². The van der Waals surface area contributed by atoms with Crippen LogP contribution in [0.4, 0.5) is 5.69 Å². The third-order valence-electron chi connectivity index (χ3n) is 4.98. The van der Waals surface area contributed by atoms with Crippen LogP contribution in [0.5, 0.6) is 0 Å². The summed E-state index contributed by atoms with van der Waals surface area (Å²) in [5, 5.41) is 8.35. The van der Waals surface area contributed by atoms with E-state index in [0.717, 1.165) is 29.5 Å². The van der Waals surface area contributed by atoms with Crippen molar-refractivity contribution in [2.45, 2.75) is 6.42 Å². The fourth-order valence-corrected chi connectivity index (χ4v) is 3.44. The molecule has 2 saturated heterocycles. The number of benzene rings is 2. The lowest BCUT2D eigenvalue weighted by Gasteiger charge is -2.27. The quantitative estimate of drug-likeness (QED) is 0.897. The van der Waals surface area contributed by atoms with Crippen molar-refractivity contribution in [3.05, 3.63) is 42.5 Å². The number of nitrogens with one attached hydrogen (secondary N) is 2. The summed E-state index contributed by atoms with van der Waals surface area (Å²) in [6.45, 7) is 3.09. The lowest BCUT2D eigenvalue weighted by molar-refractivity contribution is -0.126. The van der Waals surface area contributed by atoms with Gasteiger partial charge >= 0.3 is 0 Å². The minimum atomic E-state index is -0.260. The predicted octanol–water partition coefficient (Wildman–Crippen LogP) is 1.53. The molecule has 1 unspecified atom stereocenters. The monoisotopic (exact) mass is 323 g/mol. The van der Waals surface area contributed by atoms with Crippen LogP contribution in [0.3, 0.4) is 0 Å². The Morgan fingerprint density at radius 3 is 2.75 bits per heavy atom. The molecule has 0 saturated carbocycles. The van der Waals surface area contributed by atoms with Crippen molar-refractivity contribution in [3.63, 3.8) is 0 Å². The molecule has 24 heavy (non-hydrogen) atoms. The molecule has 5 nitrogen and oxygen atoms in total. The molecule has 5 heteroatoms. The number of carbonyl (C=O) groups excluding carboxylic acids is 2. The smallest absolute Gasteiger partial charge is 0.227 e. The summed E-state index contributed by atoms with van der Waals surface area (Å²) in [5.74, 6) is 0.291. The fraction of sp³-hybridized carbons (Fsp3) is 0.368. The summed E-state index contributed by atoms with van der Waals surface area (Å²) >= 11 is 0. The highest BCUT2D eigenvalue weighted by Gasteiger charge is 2.35. The van der Waals surface area contributed by atoms with E-state index >= 15 is 0 Å². The first-order valence-electron chi connectivity index (χ1n) is 8.49. The summed E-state index contributed by atoms with van der Waals surface area (Å²) in [4.78, 5) is 26.6. The van der Waals surface area contributed by atoms with Crippen LogP contribution in [-0.4, -0.2) is 38.0 Å². The SMILES string of the molecule is O=C(NCC1CNC1)C1CC(=O)N(c2cccc3ccccc23)C1. The van der Waals surface area contributed by atoms with Crippen LogP contribution in [0.1, 0.15) is 6.42 Å². The van der Waals surface area contributed by atoms with E-state index < -0.39 is 0 Å². The third kappa shape index (κ3) is 2.76. The molecule has 0 spiro atoms. The summed E-state index contributed by atoms with van der Waals surface area (Å²) in [6.07, 6.45) is 0.290. The molecule has 2 amide bonds. The van der Waals surface area contributed by atoms with E-state index in [2.05, 4.69) is 10.6 Å². The Morgan fingerprint density at radius 2 is 1.96 bits per heavy atom. The molecular formula is C19H21N3O2. The Morgan fingerprint density at radius 1 is 1.17 bits per heavy atom. The molecule has 2 aromatic carbocycles. The van der Waals surface area contributed by atoms with Crippen molar-refractivity contribution in [3.8, 4) is 0 Å². The number of carbonyl (C=O) groups is 2. The van der Waals surface area contributed by atoms with Crippen LogP contribution in [-0.2, 0) is 9.59 Å². The van der Waals surface area contributed by atoms with Crippen molar-refractivity contribution in [2.24, 2.45) is 11.8 Å². The van der Waals surface area contributed by atoms with Gasteiger partial charge in [-0.2, -0.15) is 0 Å². The Kier molecular flexibility index (Phi) is 3.94. The van der Waals surface area contributed by atoms with Crippen molar-refractivity contribution >= 4 is 28.3 Å². The molecule has 2 N–H and O–H groups in total. The zero-order valence-corrected chi connectivity index (χ0v) is 13.5. The third-order valence-corrected chi connectivity index (χ3v) is 4.98. The summed E-state index contributed by atoms with van der Waals surface area (Å²) in [7, 11) is 0. The maximum Gasteiger partial charge on any atom is 0.227 e.